The molecule has 0 saturated carbocycles. The monoisotopic (exact) mass is 150 g/mol. The van der Waals surface area contributed by atoms with E-state index in [4.69, 9.17) is 5.73 Å². The lowest BCUT2D eigenvalue weighted by molar-refractivity contribution is -0.152. The number of carbonyl (C=O) groups is 1. The molecule has 1 atom stereocenters. The highest BCUT2D eigenvalue weighted by molar-refractivity contribution is 7.78. The van der Waals surface area contributed by atoms with Crippen LogP contribution < -0.4 is 11.6 Å². The fourth-order valence-corrected chi connectivity index (χ4v) is 0.302. The minimum atomic E-state index is -1.22. The summed E-state index contributed by atoms with van der Waals surface area (Å²) in [4.78, 5) is 13.9. The van der Waals surface area contributed by atoms with Gasteiger partial charge in [0.25, 0.3) is 0 Å². The lowest BCUT2D eigenvalue weighted by Crippen LogP contribution is -2.35. The second kappa shape index (κ2) is 4.19. The van der Waals surface area contributed by atoms with Crippen molar-refractivity contribution in [3.63, 3.8) is 0 Å². The van der Waals surface area contributed by atoms with Gasteiger partial charge in [0.1, 0.15) is 5.55 Å². The third kappa shape index (κ3) is 2.96. The van der Waals surface area contributed by atoms with Crippen LogP contribution in [0.4, 0.5) is 0 Å². The van der Waals surface area contributed by atoms with Gasteiger partial charge in [-0.3, -0.25) is 5.73 Å². The lowest BCUT2D eigenvalue weighted by Gasteiger charge is -2.04. The molecule has 1 unspecified atom stereocenters. The number of thiocarbonyl (C=S) groups is 1. The number of hydrogen-bond acceptors (Lipinski definition) is 6. The van der Waals surface area contributed by atoms with Gasteiger partial charge < -0.3 is 9.57 Å². The standard InChI is InChI=1S/C3H6N2O3S/c4-2(7-1-9)3(6)8-5/h1-2H,4-5H2. The summed E-state index contributed by atoms with van der Waals surface area (Å²) < 4.78 is 4.31. The topological polar surface area (TPSA) is 87.6 Å². The smallest absolute Gasteiger partial charge is 0.381 e. The molecule has 0 aromatic carbocycles. The summed E-state index contributed by atoms with van der Waals surface area (Å²) in [6, 6.07) is 0. The van der Waals surface area contributed by atoms with Crippen LogP contribution in [0.5, 0.6) is 0 Å². The van der Waals surface area contributed by atoms with Gasteiger partial charge in [0.15, 0.2) is 0 Å². The van der Waals surface area contributed by atoms with E-state index in [9.17, 15) is 4.79 Å². The van der Waals surface area contributed by atoms with Crippen molar-refractivity contribution in [2.24, 2.45) is 11.6 Å². The molecule has 9 heavy (non-hydrogen) atoms. The Labute approximate surface area is 56.9 Å². The van der Waals surface area contributed by atoms with Gasteiger partial charge in [-0.05, 0) is 12.2 Å². The Morgan fingerprint density at radius 3 is 2.67 bits per heavy atom. The van der Waals surface area contributed by atoms with Crippen LogP contribution in [0.15, 0.2) is 0 Å². The highest BCUT2D eigenvalue weighted by Crippen LogP contribution is 1.81. The first-order valence-corrected chi connectivity index (χ1v) is 2.44. The van der Waals surface area contributed by atoms with Crippen molar-refractivity contribution >= 4 is 23.7 Å². The van der Waals surface area contributed by atoms with Crippen molar-refractivity contribution in [2.45, 2.75) is 6.23 Å². The van der Waals surface area contributed by atoms with E-state index in [1.807, 2.05) is 0 Å². The van der Waals surface area contributed by atoms with E-state index in [1.54, 1.807) is 0 Å². The first kappa shape index (κ1) is 8.28. The molecule has 5 nitrogen and oxygen atoms in total. The van der Waals surface area contributed by atoms with Crippen molar-refractivity contribution in [2.75, 3.05) is 0 Å². The molecule has 4 N–H and O–H groups in total. The van der Waals surface area contributed by atoms with Crippen LogP contribution in [0.25, 0.3) is 0 Å². The third-order valence-electron chi connectivity index (χ3n) is 0.551. The van der Waals surface area contributed by atoms with Crippen molar-refractivity contribution in [3.8, 4) is 0 Å². The van der Waals surface area contributed by atoms with E-state index in [1.165, 1.54) is 0 Å². The number of ether oxygens (including phenoxy) is 1. The minimum absolute atomic E-state index is 0.863. The second-order valence-electron chi connectivity index (χ2n) is 1.09. The summed E-state index contributed by atoms with van der Waals surface area (Å²) >= 11 is 4.22. The maximum atomic E-state index is 10.2. The van der Waals surface area contributed by atoms with Crippen LogP contribution >= 0.6 is 12.2 Å². The van der Waals surface area contributed by atoms with Crippen molar-refractivity contribution in [1.29, 1.82) is 0 Å². The molecular formula is C3H6N2O3S. The Hall–Kier alpha value is -0.720. The van der Waals surface area contributed by atoms with Gasteiger partial charge in [-0.25, -0.2) is 4.79 Å². The van der Waals surface area contributed by atoms with Gasteiger partial charge in [0, 0.05) is 0 Å². The normalized spacial score (nSPS) is 11.8. The first-order chi connectivity index (χ1) is 4.22. The van der Waals surface area contributed by atoms with E-state index in [2.05, 4.69) is 27.7 Å². The SMILES string of the molecule is NOC(=O)C(N)OC=S. The molecule has 0 spiro atoms. The van der Waals surface area contributed by atoms with E-state index in [0.29, 0.717) is 0 Å². The second-order valence-corrected chi connectivity index (χ2v) is 1.28. The van der Waals surface area contributed by atoms with E-state index >= 15 is 0 Å². The molecule has 0 aliphatic carbocycles. The molecule has 0 aromatic rings. The van der Waals surface area contributed by atoms with Crippen LogP contribution in [0.2, 0.25) is 0 Å². The van der Waals surface area contributed by atoms with Crippen LogP contribution in [0.3, 0.4) is 0 Å². The molecular weight excluding hydrogens is 144 g/mol. The molecule has 0 fully saturated rings. The molecule has 0 radical (unpaired) electrons. The zero-order valence-electron chi connectivity index (χ0n) is 4.44. The molecule has 0 rings (SSSR count). The highest BCUT2D eigenvalue weighted by Gasteiger charge is 2.12. The highest BCUT2D eigenvalue weighted by atomic mass is 32.1. The number of carbonyl (C=O) groups excluding carboxylic acids is 1. The number of hydrogen-bond donors (Lipinski definition) is 2. The zero-order chi connectivity index (χ0) is 7.28. The molecule has 0 heterocycles. The molecule has 0 aliphatic heterocycles. The lowest BCUT2D eigenvalue weighted by atomic mass is 10.6. The summed E-state index contributed by atoms with van der Waals surface area (Å²) in [7, 11) is 0. The number of nitrogens with two attached hydrogens (primary N) is 2. The maximum absolute atomic E-state index is 10.2. The average Bonchev–Trinajstić information content (AvgIpc) is 1.87. The number of rotatable bonds is 3. The van der Waals surface area contributed by atoms with Crippen LogP contribution in [0, 0.1) is 0 Å². The Balaban J connectivity index is 3.58. The summed E-state index contributed by atoms with van der Waals surface area (Å²) in [6.45, 7) is 0. The summed E-state index contributed by atoms with van der Waals surface area (Å²) in [6.07, 6.45) is -1.22. The summed E-state index contributed by atoms with van der Waals surface area (Å²) in [5.41, 5.74) is 5.83. The average molecular weight is 150 g/mol. The van der Waals surface area contributed by atoms with Crippen molar-refractivity contribution < 1.29 is 14.4 Å². The largest absolute Gasteiger partial charge is 0.460 e. The Morgan fingerprint density at radius 2 is 2.33 bits per heavy atom. The van der Waals surface area contributed by atoms with Gasteiger partial charge in [0.05, 0.1) is 0 Å². The van der Waals surface area contributed by atoms with Crippen molar-refractivity contribution in [1.82, 2.24) is 0 Å². The Bertz CT molecular complexity index is 118. The predicted molar refractivity (Wildman–Crippen MR) is 33.0 cm³/mol. The van der Waals surface area contributed by atoms with Crippen molar-refractivity contribution in [3.05, 3.63) is 0 Å². The summed E-state index contributed by atoms with van der Waals surface area (Å²) in [5.74, 6) is 3.58. The van der Waals surface area contributed by atoms with E-state index in [-0.39, 0.29) is 0 Å². The fourth-order valence-electron chi connectivity index (χ4n) is 0.182. The predicted octanol–water partition coefficient (Wildman–Crippen LogP) is -1.34. The molecule has 0 aromatic heterocycles. The molecule has 6 heteroatoms. The molecule has 0 bridgehead atoms. The van der Waals surface area contributed by atoms with Crippen LogP contribution in [0.1, 0.15) is 0 Å². The van der Waals surface area contributed by atoms with E-state index in [0.717, 1.165) is 5.55 Å². The van der Waals surface area contributed by atoms with Gasteiger partial charge >= 0.3 is 5.97 Å². The molecule has 52 valence electrons. The fraction of sp³-hybridized carbons (Fsp3) is 0.333. The van der Waals surface area contributed by atoms with Crippen LogP contribution in [-0.4, -0.2) is 17.8 Å². The van der Waals surface area contributed by atoms with Gasteiger partial charge in [-0.1, -0.05) is 0 Å². The minimum Gasteiger partial charge on any atom is -0.460 e. The van der Waals surface area contributed by atoms with Gasteiger partial charge in [0.2, 0.25) is 6.23 Å². The first-order valence-electron chi connectivity index (χ1n) is 1.97. The Kier molecular flexibility index (Phi) is 3.85. The summed E-state index contributed by atoms with van der Waals surface area (Å²) in [5, 5.41) is 0. The van der Waals surface area contributed by atoms with E-state index < -0.39 is 12.2 Å². The molecule has 0 saturated heterocycles. The molecule has 0 aliphatic rings. The Morgan fingerprint density at radius 1 is 1.78 bits per heavy atom. The third-order valence-corrected chi connectivity index (χ3v) is 0.662. The zero-order valence-corrected chi connectivity index (χ0v) is 5.26. The van der Waals surface area contributed by atoms with Crippen LogP contribution in [-0.2, 0) is 14.4 Å². The molecule has 0 amide bonds. The van der Waals surface area contributed by atoms with Gasteiger partial charge in [-0.15, -0.1) is 0 Å². The quantitative estimate of drug-likeness (QED) is 0.294. The van der Waals surface area contributed by atoms with Gasteiger partial charge in [-0.2, -0.15) is 5.90 Å². The maximum Gasteiger partial charge on any atom is 0.381 e.